The molecule has 4 aromatic rings. The normalized spacial score (nSPS) is 15.9. The Morgan fingerprint density at radius 3 is 2.51 bits per heavy atom. The number of benzene rings is 2. The van der Waals surface area contributed by atoms with Crippen LogP contribution in [0.25, 0.3) is 16.7 Å². The SMILES string of the molecule is CCC[C@@H](C)c1nc(N2CCCN(Cc3ccc(F)cc3)CC2)c2cnn(-c3ccccc3)c2n1. The van der Waals surface area contributed by atoms with E-state index in [1.165, 1.54) is 0 Å². The van der Waals surface area contributed by atoms with Crippen LogP contribution in [-0.4, -0.2) is 50.8 Å². The fraction of sp³-hybridized carbons (Fsp3) is 0.393. The van der Waals surface area contributed by atoms with Gasteiger partial charge in [-0.3, -0.25) is 4.90 Å². The van der Waals surface area contributed by atoms with Crippen molar-refractivity contribution in [1.29, 1.82) is 0 Å². The monoisotopic (exact) mass is 472 g/mol. The second-order valence-corrected chi connectivity index (χ2v) is 9.47. The van der Waals surface area contributed by atoms with Crippen molar-refractivity contribution in [3.63, 3.8) is 0 Å². The Labute approximate surface area is 206 Å². The molecule has 1 aliphatic heterocycles. The van der Waals surface area contributed by atoms with E-state index >= 15 is 0 Å². The maximum absolute atomic E-state index is 13.3. The summed E-state index contributed by atoms with van der Waals surface area (Å²) in [5, 5.41) is 5.71. The third-order valence-corrected chi connectivity index (χ3v) is 6.80. The van der Waals surface area contributed by atoms with Crippen LogP contribution in [0.2, 0.25) is 0 Å². The van der Waals surface area contributed by atoms with Crippen molar-refractivity contribution in [3.05, 3.63) is 78.0 Å². The van der Waals surface area contributed by atoms with Gasteiger partial charge in [0.1, 0.15) is 17.5 Å². The first-order valence-electron chi connectivity index (χ1n) is 12.6. The molecule has 0 amide bonds. The van der Waals surface area contributed by atoms with E-state index in [9.17, 15) is 4.39 Å². The molecule has 0 radical (unpaired) electrons. The molecule has 1 saturated heterocycles. The highest BCUT2D eigenvalue weighted by atomic mass is 19.1. The number of rotatable bonds is 7. The van der Waals surface area contributed by atoms with E-state index in [4.69, 9.17) is 15.1 Å². The highest BCUT2D eigenvalue weighted by Gasteiger charge is 2.23. The second kappa shape index (κ2) is 10.5. The Bertz CT molecular complexity index is 1250. The molecule has 6 nitrogen and oxygen atoms in total. The van der Waals surface area contributed by atoms with E-state index in [2.05, 4.69) is 35.8 Å². The van der Waals surface area contributed by atoms with Crippen molar-refractivity contribution in [1.82, 2.24) is 24.6 Å². The van der Waals surface area contributed by atoms with Crippen LogP contribution in [0.3, 0.4) is 0 Å². The highest BCUT2D eigenvalue weighted by molar-refractivity contribution is 5.88. The van der Waals surface area contributed by atoms with Crippen LogP contribution >= 0.6 is 0 Å². The number of halogens is 1. The summed E-state index contributed by atoms with van der Waals surface area (Å²) >= 11 is 0. The molecule has 2 aromatic heterocycles. The van der Waals surface area contributed by atoms with Gasteiger partial charge in [0.25, 0.3) is 0 Å². The number of nitrogens with zero attached hydrogens (tertiary/aromatic N) is 6. The number of fused-ring (bicyclic) bond motifs is 1. The van der Waals surface area contributed by atoms with Crippen LogP contribution in [0.4, 0.5) is 10.2 Å². The Hall–Kier alpha value is -3.32. The van der Waals surface area contributed by atoms with Gasteiger partial charge in [0.2, 0.25) is 0 Å². The summed E-state index contributed by atoms with van der Waals surface area (Å²) in [6.07, 6.45) is 5.10. The molecule has 35 heavy (non-hydrogen) atoms. The van der Waals surface area contributed by atoms with Crippen molar-refractivity contribution < 1.29 is 4.39 Å². The third kappa shape index (κ3) is 5.20. The van der Waals surface area contributed by atoms with Gasteiger partial charge in [0, 0.05) is 38.6 Å². The molecular formula is C28H33FN6. The van der Waals surface area contributed by atoms with Crippen molar-refractivity contribution in [3.8, 4) is 5.69 Å². The molecule has 1 atom stereocenters. The molecule has 5 rings (SSSR count). The lowest BCUT2D eigenvalue weighted by Gasteiger charge is -2.24. The minimum atomic E-state index is -0.187. The fourth-order valence-electron chi connectivity index (χ4n) is 4.88. The summed E-state index contributed by atoms with van der Waals surface area (Å²) in [6.45, 7) is 8.99. The molecule has 3 heterocycles. The van der Waals surface area contributed by atoms with Gasteiger partial charge in [-0.05, 0) is 42.7 Å². The van der Waals surface area contributed by atoms with E-state index in [0.717, 1.165) is 85.9 Å². The van der Waals surface area contributed by atoms with Gasteiger partial charge in [-0.15, -0.1) is 0 Å². The molecule has 1 aliphatic rings. The van der Waals surface area contributed by atoms with Crippen molar-refractivity contribution in [2.45, 2.75) is 45.6 Å². The summed E-state index contributed by atoms with van der Waals surface area (Å²) < 4.78 is 15.2. The van der Waals surface area contributed by atoms with Crippen molar-refractivity contribution in [2.24, 2.45) is 0 Å². The standard InChI is InChI=1S/C28H33FN6/c1-3-8-21(2)26-31-27(25-19-30-35(28(25)32-26)24-9-5-4-6-10-24)34-16-7-15-33(17-18-34)20-22-11-13-23(29)14-12-22/h4-6,9-14,19,21H,3,7-8,15-18,20H2,1-2H3/t21-/m1/s1. The van der Waals surface area contributed by atoms with Crippen molar-refractivity contribution >= 4 is 16.9 Å². The molecule has 0 saturated carbocycles. The van der Waals surface area contributed by atoms with Crippen LogP contribution in [0, 0.1) is 5.82 Å². The minimum Gasteiger partial charge on any atom is -0.355 e. The average molecular weight is 473 g/mol. The molecule has 7 heteroatoms. The molecule has 182 valence electrons. The first kappa shape index (κ1) is 23.4. The molecule has 0 bridgehead atoms. The molecule has 2 aromatic carbocycles. The average Bonchev–Trinajstić information content (AvgIpc) is 3.18. The van der Waals surface area contributed by atoms with Gasteiger partial charge in [-0.1, -0.05) is 50.6 Å². The quantitative estimate of drug-likeness (QED) is 0.352. The van der Waals surface area contributed by atoms with E-state index < -0.39 is 0 Å². The maximum atomic E-state index is 13.3. The number of aromatic nitrogens is 4. The zero-order valence-corrected chi connectivity index (χ0v) is 20.6. The molecule has 0 unspecified atom stereocenters. The topological polar surface area (TPSA) is 50.1 Å². The summed E-state index contributed by atoms with van der Waals surface area (Å²) in [4.78, 5) is 15.0. The maximum Gasteiger partial charge on any atom is 0.168 e. The first-order chi connectivity index (χ1) is 17.1. The first-order valence-corrected chi connectivity index (χ1v) is 12.6. The predicted octanol–water partition coefficient (Wildman–Crippen LogP) is 5.57. The lowest BCUT2D eigenvalue weighted by Crippen LogP contribution is -2.31. The van der Waals surface area contributed by atoms with Gasteiger partial charge in [-0.25, -0.2) is 19.0 Å². The minimum absolute atomic E-state index is 0.187. The third-order valence-electron chi connectivity index (χ3n) is 6.80. The number of para-hydroxylation sites is 1. The predicted molar refractivity (Wildman–Crippen MR) is 138 cm³/mol. The summed E-state index contributed by atoms with van der Waals surface area (Å²) in [7, 11) is 0. The van der Waals surface area contributed by atoms with Crippen LogP contribution in [-0.2, 0) is 6.54 Å². The number of anilines is 1. The van der Waals surface area contributed by atoms with Crippen LogP contribution in [0.5, 0.6) is 0 Å². The Kier molecular flexibility index (Phi) is 7.04. The fourth-order valence-corrected chi connectivity index (χ4v) is 4.88. The van der Waals surface area contributed by atoms with Crippen LogP contribution in [0.15, 0.2) is 60.8 Å². The number of hydrogen-bond acceptors (Lipinski definition) is 5. The lowest BCUT2D eigenvalue weighted by atomic mass is 10.1. The Balaban J connectivity index is 1.45. The smallest absolute Gasteiger partial charge is 0.168 e. The zero-order chi connectivity index (χ0) is 24.2. The van der Waals surface area contributed by atoms with Gasteiger partial charge in [0.15, 0.2) is 5.65 Å². The largest absolute Gasteiger partial charge is 0.355 e. The highest BCUT2D eigenvalue weighted by Crippen LogP contribution is 2.29. The van der Waals surface area contributed by atoms with E-state index in [0.29, 0.717) is 0 Å². The molecule has 1 fully saturated rings. The Morgan fingerprint density at radius 1 is 0.943 bits per heavy atom. The lowest BCUT2D eigenvalue weighted by molar-refractivity contribution is 0.285. The van der Waals surface area contributed by atoms with E-state index in [1.54, 1.807) is 12.1 Å². The van der Waals surface area contributed by atoms with Gasteiger partial charge in [-0.2, -0.15) is 5.10 Å². The summed E-state index contributed by atoms with van der Waals surface area (Å²) in [5.74, 6) is 1.97. The van der Waals surface area contributed by atoms with Crippen molar-refractivity contribution in [2.75, 3.05) is 31.1 Å². The summed E-state index contributed by atoms with van der Waals surface area (Å²) in [6, 6.07) is 17.0. The Morgan fingerprint density at radius 2 is 1.74 bits per heavy atom. The summed E-state index contributed by atoms with van der Waals surface area (Å²) in [5.41, 5.74) is 3.01. The molecule has 0 N–H and O–H groups in total. The van der Waals surface area contributed by atoms with Gasteiger partial charge >= 0.3 is 0 Å². The molecular weight excluding hydrogens is 439 g/mol. The molecule has 0 spiro atoms. The van der Waals surface area contributed by atoms with Crippen LogP contribution in [0.1, 0.15) is 50.4 Å². The second-order valence-electron chi connectivity index (χ2n) is 9.47. The molecule has 0 aliphatic carbocycles. The van der Waals surface area contributed by atoms with E-state index in [-0.39, 0.29) is 11.7 Å². The number of hydrogen-bond donors (Lipinski definition) is 0. The van der Waals surface area contributed by atoms with Crippen LogP contribution < -0.4 is 4.90 Å². The van der Waals surface area contributed by atoms with Gasteiger partial charge < -0.3 is 4.90 Å². The van der Waals surface area contributed by atoms with E-state index in [1.807, 2.05) is 41.2 Å². The van der Waals surface area contributed by atoms with Gasteiger partial charge in [0.05, 0.1) is 17.3 Å². The zero-order valence-electron chi connectivity index (χ0n) is 20.6.